The number of rotatable bonds is 1. The summed E-state index contributed by atoms with van der Waals surface area (Å²) in [6, 6.07) is 10.1. The van der Waals surface area contributed by atoms with Crippen molar-refractivity contribution in [3.63, 3.8) is 0 Å². The second kappa shape index (κ2) is 4.62. The molecule has 1 aromatic carbocycles. The van der Waals surface area contributed by atoms with Crippen molar-refractivity contribution in [1.82, 2.24) is 20.8 Å². The van der Waals surface area contributed by atoms with Crippen LogP contribution >= 0.6 is 0 Å². The van der Waals surface area contributed by atoms with Crippen molar-refractivity contribution in [1.29, 1.82) is 0 Å². The Balaban J connectivity index is 1.94. The van der Waals surface area contributed by atoms with Crippen molar-refractivity contribution in [2.24, 2.45) is 0 Å². The Kier molecular flexibility index (Phi) is 2.78. The van der Waals surface area contributed by atoms with Gasteiger partial charge in [-0.05, 0) is 26.3 Å². The number of hydrogen-bond acceptors (Lipinski definition) is 4. The number of carbonyl (C=O) groups is 1. The number of anilines is 1. The van der Waals surface area contributed by atoms with E-state index in [1.54, 1.807) is 0 Å². The molecule has 0 saturated heterocycles. The van der Waals surface area contributed by atoms with Crippen LogP contribution in [0.15, 0.2) is 41.7 Å². The predicted octanol–water partition coefficient (Wildman–Crippen LogP) is 1.94. The van der Waals surface area contributed by atoms with Gasteiger partial charge in [0.2, 0.25) is 0 Å². The summed E-state index contributed by atoms with van der Waals surface area (Å²) in [5, 5.41) is 17.0. The first-order chi connectivity index (χ1) is 11.0. The molecule has 0 saturated carbocycles. The number of aryl methyl sites for hydroxylation is 1. The number of fused-ring (bicyclic) bond motifs is 1. The minimum absolute atomic E-state index is 0.0589. The van der Waals surface area contributed by atoms with Crippen LogP contribution < -0.4 is 16.0 Å². The van der Waals surface area contributed by atoms with Crippen molar-refractivity contribution in [2.45, 2.75) is 32.4 Å². The third-order valence-corrected chi connectivity index (χ3v) is 4.33. The highest BCUT2D eigenvalue weighted by Crippen LogP contribution is 2.43. The third-order valence-electron chi connectivity index (χ3n) is 4.33. The Hall–Kier alpha value is -2.76. The lowest BCUT2D eigenvalue weighted by molar-refractivity contribution is -0.120. The van der Waals surface area contributed by atoms with Gasteiger partial charge in [0, 0.05) is 17.2 Å². The number of carbonyl (C=O) groups excluding carboxylic acids is 1. The first kappa shape index (κ1) is 13.9. The topological polar surface area (TPSA) is 81.8 Å². The molecule has 3 heterocycles. The molecule has 1 amide bonds. The number of aromatic amines is 1. The molecule has 2 aromatic rings. The fourth-order valence-corrected chi connectivity index (χ4v) is 3.38. The predicted molar refractivity (Wildman–Crippen MR) is 87.6 cm³/mol. The highest BCUT2D eigenvalue weighted by molar-refractivity contribution is 5.99. The number of nitrogens with zero attached hydrogens (tertiary/aromatic N) is 1. The molecule has 2 aliphatic heterocycles. The van der Waals surface area contributed by atoms with E-state index in [1.165, 1.54) is 0 Å². The summed E-state index contributed by atoms with van der Waals surface area (Å²) >= 11 is 0. The van der Waals surface area contributed by atoms with Crippen molar-refractivity contribution in [2.75, 3.05) is 5.32 Å². The molecule has 0 spiro atoms. The molecule has 118 valence electrons. The lowest BCUT2D eigenvalue weighted by Crippen LogP contribution is -2.60. The highest BCUT2D eigenvalue weighted by Gasteiger charge is 2.41. The van der Waals surface area contributed by atoms with Crippen molar-refractivity contribution in [3.05, 3.63) is 58.5 Å². The van der Waals surface area contributed by atoms with E-state index in [2.05, 4.69) is 26.1 Å². The Morgan fingerprint density at radius 3 is 2.61 bits per heavy atom. The average Bonchev–Trinajstić information content (AvgIpc) is 2.86. The molecule has 0 aliphatic carbocycles. The van der Waals surface area contributed by atoms with Gasteiger partial charge in [0.05, 0.1) is 5.57 Å². The molecule has 1 aromatic heterocycles. The molecule has 0 radical (unpaired) electrons. The van der Waals surface area contributed by atoms with Crippen molar-refractivity contribution in [3.8, 4) is 0 Å². The maximum atomic E-state index is 12.8. The van der Waals surface area contributed by atoms with Gasteiger partial charge in [0.1, 0.15) is 11.5 Å². The molecule has 1 unspecified atom stereocenters. The van der Waals surface area contributed by atoms with E-state index in [0.29, 0.717) is 5.57 Å². The number of hydrogen-bond donors (Lipinski definition) is 4. The standard InChI is InChI=1S/C17H19N5O/c1-9-11-12(10-7-5-4-6-8-10)13-14(18-15(11)22-21-9)19-17(2,3)20-16(13)23/h4-8,12,19H,1-3H3,(H,20,23)(H2,18,21,22). The molecule has 0 fully saturated rings. The highest BCUT2D eigenvalue weighted by atomic mass is 16.2. The van der Waals surface area contributed by atoms with Gasteiger partial charge in [0.15, 0.2) is 5.82 Å². The summed E-state index contributed by atoms with van der Waals surface area (Å²) in [5.74, 6) is 1.29. The van der Waals surface area contributed by atoms with E-state index in [-0.39, 0.29) is 11.8 Å². The minimum Gasteiger partial charge on any atom is -0.349 e. The smallest absolute Gasteiger partial charge is 0.253 e. The Morgan fingerprint density at radius 2 is 1.87 bits per heavy atom. The van der Waals surface area contributed by atoms with Gasteiger partial charge in [0.25, 0.3) is 5.91 Å². The molecule has 2 aliphatic rings. The van der Waals surface area contributed by atoms with Crippen LogP contribution in [0.25, 0.3) is 0 Å². The second-order valence-electron chi connectivity index (χ2n) is 6.57. The summed E-state index contributed by atoms with van der Waals surface area (Å²) < 4.78 is 0. The molecule has 6 heteroatoms. The Labute approximate surface area is 134 Å². The van der Waals surface area contributed by atoms with Crippen LogP contribution in [0.1, 0.15) is 36.6 Å². The normalized spacial score (nSPS) is 21.7. The molecular weight excluding hydrogens is 290 g/mol. The monoisotopic (exact) mass is 309 g/mol. The number of nitrogens with one attached hydrogen (secondary N) is 4. The summed E-state index contributed by atoms with van der Waals surface area (Å²) in [6.07, 6.45) is 0. The maximum Gasteiger partial charge on any atom is 0.253 e. The lowest BCUT2D eigenvalue weighted by Gasteiger charge is -2.40. The molecule has 4 rings (SSSR count). The van der Waals surface area contributed by atoms with Gasteiger partial charge in [-0.15, -0.1) is 0 Å². The minimum atomic E-state index is -0.507. The van der Waals surface area contributed by atoms with Gasteiger partial charge in [-0.25, -0.2) is 0 Å². The van der Waals surface area contributed by atoms with Crippen molar-refractivity contribution < 1.29 is 4.79 Å². The fraction of sp³-hybridized carbons (Fsp3) is 0.294. The lowest BCUT2D eigenvalue weighted by atomic mass is 9.81. The number of amides is 1. The van der Waals surface area contributed by atoms with Crippen LogP contribution in [0.2, 0.25) is 0 Å². The van der Waals surface area contributed by atoms with E-state index in [0.717, 1.165) is 28.5 Å². The first-order valence-electron chi connectivity index (χ1n) is 7.68. The van der Waals surface area contributed by atoms with Crippen molar-refractivity contribution >= 4 is 11.7 Å². The Morgan fingerprint density at radius 1 is 1.13 bits per heavy atom. The number of benzene rings is 1. The molecule has 0 bridgehead atoms. The molecular formula is C17H19N5O. The second-order valence-corrected chi connectivity index (χ2v) is 6.57. The molecule has 6 nitrogen and oxygen atoms in total. The zero-order valence-corrected chi connectivity index (χ0v) is 13.3. The van der Waals surface area contributed by atoms with Gasteiger partial charge in [-0.3, -0.25) is 9.89 Å². The summed E-state index contributed by atoms with van der Waals surface area (Å²) in [7, 11) is 0. The van der Waals surface area contributed by atoms with Gasteiger partial charge in [-0.1, -0.05) is 30.3 Å². The zero-order chi connectivity index (χ0) is 16.2. The third kappa shape index (κ3) is 2.10. The largest absolute Gasteiger partial charge is 0.349 e. The van der Waals surface area contributed by atoms with Crippen LogP contribution in [0.5, 0.6) is 0 Å². The Bertz CT molecular complexity index is 819. The fourth-order valence-electron chi connectivity index (χ4n) is 3.38. The summed E-state index contributed by atoms with van der Waals surface area (Å²) in [5.41, 5.74) is 3.25. The van der Waals surface area contributed by atoms with Crippen LogP contribution in [-0.4, -0.2) is 21.8 Å². The zero-order valence-electron chi connectivity index (χ0n) is 13.3. The van der Waals surface area contributed by atoms with E-state index in [9.17, 15) is 4.79 Å². The maximum absolute atomic E-state index is 12.8. The van der Waals surface area contributed by atoms with E-state index in [1.807, 2.05) is 51.1 Å². The molecule has 23 heavy (non-hydrogen) atoms. The SMILES string of the molecule is Cc1[nH]nc2c1C(c1ccccc1)C1=C(N2)NC(C)(C)NC1=O. The van der Waals surface area contributed by atoms with Gasteiger partial charge < -0.3 is 16.0 Å². The average molecular weight is 309 g/mol. The van der Waals surface area contributed by atoms with E-state index < -0.39 is 5.66 Å². The first-order valence-corrected chi connectivity index (χ1v) is 7.68. The van der Waals surface area contributed by atoms with Gasteiger partial charge in [-0.2, -0.15) is 5.10 Å². The number of H-pyrrole nitrogens is 1. The number of aromatic nitrogens is 2. The van der Waals surface area contributed by atoms with E-state index in [4.69, 9.17) is 0 Å². The van der Waals surface area contributed by atoms with Gasteiger partial charge >= 0.3 is 0 Å². The van der Waals surface area contributed by atoms with Crippen LogP contribution in [-0.2, 0) is 4.79 Å². The summed E-state index contributed by atoms with van der Waals surface area (Å²) in [6.45, 7) is 5.84. The van der Waals surface area contributed by atoms with Crippen LogP contribution in [0.3, 0.4) is 0 Å². The molecule has 1 atom stereocenters. The summed E-state index contributed by atoms with van der Waals surface area (Å²) in [4.78, 5) is 12.8. The quantitative estimate of drug-likeness (QED) is 0.649. The molecule has 4 N–H and O–H groups in total. The van der Waals surface area contributed by atoms with Crippen LogP contribution in [0.4, 0.5) is 5.82 Å². The van der Waals surface area contributed by atoms with E-state index >= 15 is 0 Å². The van der Waals surface area contributed by atoms with Crippen LogP contribution in [0, 0.1) is 6.92 Å².